The van der Waals surface area contributed by atoms with E-state index >= 15 is 0 Å². The Kier molecular flexibility index (Phi) is 8.90. The molecule has 0 saturated carbocycles. The van der Waals surface area contributed by atoms with Gasteiger partial charge in [0, 0.05) is 18.8 Å². The van der Waals surface area contributed by atoms with Gasteiger partial charge < -0.3 is 24.3 Å². The van der Waals surface area contributed by atoms with E-state index in [1.165, 1.54) is 57.7 Å². The number of halogens is 1. The number of methoxy groups -OCH3 is 2. The van der Waals surface area contributed by atoms with E-state index in [-0.39, 0.29) is 10.6 Å². The maximum Gasteiger partial charge on any atom is 0.344 e. The van der Waals surface area contributed by atoms with Crippen LogP contribution in [0.3, 0.4) is 0 Å². The number of ether oxygens (including phenoxy) is 4. The molecule has 0 fully saturated rings. The molecule has 0 aliphatic carbocycles. The number of benzene rings is 3. The Bertz CT molecular complexity index is 1350. The van der Waals surface area contributed by atoms with E-state index in [0.29, 0.717) is 22.9 Å². The smallest absolute Gasteiger partial charge is 0.344 e. The van der Waals surface area contributed by atoms with Crippen LogP contribution in [0.4, 0.5) is 15.8 Å². The SMILES string of the molecule is COc1ccc(NC(=O)COC(=O)COc2ccc(N(C)S(=O)(=O)c3ccc(F)cc3)cc2)cc1OC. The minimum Gasteiger partial charge on any atom is -0.493 e. The predicted molar refractivity (Wildman–Crippen MR) is 133 cm³/mol. The fraction of sp³-hybridized carbons (Fsp3) is 0.200. The van der Waals surface area contributed by atoms with Gasteiger partial charge in [0.05, 0.1) is 24.8 Å². The summed E-state index contributed by atoms with van der Waals surface area (Å²) in [5, 5.41) is 2.58. The Morgan fingerprint density at radius 3 is 2.16 bits per heavy atom. The van der Waals surface area contributed by atoms with Crippen molar-refractivity contribution in [3.05, 3.63) is 72.5 Å². The number of rotatable bonds is 11. The Morgan fingerprint density at radius 2 is 1.54 bits per heavy atom. The molecule has 1 N–H and O–H groups in total. The van der Waals surface area contributed by atoms with E-state index in [9.17, 15) is 22.4 Å². The molecule has 0 aliphatic heterocycles. The number of nitrogens with zero attached hydrogens (tertiary/aromatic N) is 1. The second-order valence-corrected chi connectivity index (χ2v) is 9.46. The summed E-state index contributed by atoms with van der Waals surface area (Å²) < 4.78 is 60.1. The average Bonchev–Trinajstić information content (AvgIpc) is 2.90. The molecule has 0 radical (unpaired) electrons. The number of carbonyl (C=O) groups is 2. The predicted octanol–water partition coefficient (Wildman–Crippen LogP) is 3.23. The summed E-state index contributed by atoms with van der Waals surface area (Å²) >= 11 is 0. The Labute approximate surface area is 213 Å². The van der Waals surface area contributed by atoms with Crippen LogP contribution in [0.1, 0.15) is 0 Å². The first kappa shape index (κ1) is 27.3. The van der Waals surface area contributed by atoms with Crippen LogP contribution in [-0.2, 0) is 24.3 Å². The number of sulfonamides is 1. The zero-order valence-corrected chi connectivity index (χ0v) is 21.1. The molecule has 196 valence electrons. The quantitative estimate of drug-likeness (QED) is 0.374. The van der Waals surface area contributed by atoms with Gasteiger partial charge in [-0.05, 0) is 60.7 Å². The molecule has 3 rings (SSSR count). The molecule has 37 heavy (non-hydrogen) atoms. The fourth-order valence-electron chi connectivity index (χ4n) is 3.10. The molecule has 0 atom stereocenters. The van der Waals surface area contributed by atoms with Crippen LogP contribution in [0.5, 0.6) is 17.2 Å². The van der Waals surface area contributed by atoms with Gasteiger partial charge in [-0.1, -0.05) is 0 Å². The first-order valence-electron chi connectivity index (χ1n) is 10.8. The summed E-state index contributed by atoms with van der Waals surface area (Å²) in [6.45, 7) is -0.992. The fourth-order valence-corrected chi connectivity index (χ4v) is 4.29. The van der Waals surface area contributed by atoms with Crippen molar-refractivity contribution in [1.29, 1.82) is 0 Å². The largest absolute Gasteiger partial charge is 0.493 e. The number of esters is 1. The standard InChI is InChI=1S/C25H25FN2O8S/c1-28(37(31,32)21-11-4-17(26)5-12-21)19-7-9-20(10-8-19)35-16-25(30)36-15-24(29)27-18-6-13-22(33-2)23(14-18)34-3/h4-14H,15-16H2,1-3H3,(H,27,29). The highest BCUT2D eigenvalue weighted by Gasteiger charge is 2.21. The molecule has 0 saturated heterocycles. The number of carbonyl (C=O) groups excluding carboxylic acids is 2. The lowest BCUT2D eigenvalue weighted by atomic mass is 10.2. The summed E-state index contributed by atoms with van der Waals surface area (Å²) in [4.78, 5) is 24.0. The van der Waals surface area contributed by atoms with Crippen LogP contribution >= 0.6 is 0 Å². The Morgan fingerprint density at radius 1 is 0.892 bits per heavy atom. The Balaban J connectivity index is 1.48. The lowest BCUT2D eigenvalue weighted by molar-refractivity contribution is -0.149. The van der Waals surface area contributed by atoms with E-state index in [0.717, 1.165) is 16.4 Å². The minimum absolute atomic E-state index is 0.0605. The number of hydrogen-bond acceptors (Lipinski definition) is 8. The van der Waals surface area contributed by atoms with Gasteiger partial charge in [-0.15, -0.1) is 0 Å². The van der Waals surface area contributed by atoms with Crippen LogP contribution in [0.15, 0.2) is 71.6 Å². The van der Waals surface area contributed by atoms with Crippen LogP contribution in [0.25, 0.3) is 0 Å². The Hall–Kier alpha value is -4.32. The van der Waals surface area contributed by atoms with Crippen molar-refractivity contribution in [2.75, 3.05) is 44.1 Å². The highest BCUT2D eigenvalue weighted by Crippen LogP contribution is 2.29. The number of hydrogen-bond donors (Lipinski definition) is 1. The molecule has 12 heteroatoms. The van der Waals surface area contributed by atoms with Crippen molar-refractivity contribution in [3.63, 3.8) is 0 Å². The van der Waals surface area contributed by atoms with Gasteiger partial charge in [0.2, 0.25) is 0 Å². The van der Waals surface area contributed by atoms with Gasteiger partial charge in [-0.2, -0.15) is 0 Å². The molecule has 0 spiro atoms. The van der Waals surface area contributed by atoms with Crippen LogP contribution in [0, 0.1) is 5.82 Å². The zero-order chi connectivity index (χ0) is 27.0. The molecule has 1 amide bonds. The van der Waals surface area contributed by atoms with Gasteiger partial charge in [-0.3, -0.25) is 9.10 Å². The molecule has 0 heterocycles. The molecule has 0 unspecified atom stereocenters. The van der Waals surface area contributed by atoms with Crippen molar-refractivity contribution in [1.82, 2.24) is 0 Å². The van der Waals surface area contributed by atoms with E-state index in [4.69, 9.17) is 18.9 Å². The molecule has 3 aromatic rings. The van der Waals surface area contributed by atoms with Crippen LogP contribution in [-0.4, -0.2) is 54.8 Å². The molecule has 3 aromatic carbocycles. The summed E-state index contributed by atoms with van der Waals surface area (Å²) in [6.07, 6.45) is 0. The minimum atomic E-state index is -3.89. The molecule has 0 bridgehead atoms. The first-order chi connectivity index (χ1) is 17.6. The highest BCUT2D eigenvalue weighted by molar-refractivity contribution is 7.92. The maximum atomic E-state index is 13.1. The van der Waals surface area contributed by atoms with E-state index < -0.39 is 40.9 Å². The summed E-state index contributed by atoms with van der Waals surface area (Å²) in [6, 6.07) is 15.2. The van der Waals surface area contributed by atoms with Crippen LogP contribution < -0.4 is 23.8 Å². The molecule has 0 aliphatic rings. The monoisotopic (exact) mass is 532 g/mol. The second kappa shape index (κ2) is 12.1. The number of nitrogens with one attached hydrogen (secondary N) is 1. The molecule has 0 aromatic heterocycles. The molecular weight excluding hydrogens is 507 g/mol. The normalized spacial score (nSPS) is 10.8. The molecular formula is C25H25FN2O8S. The van der Waals surface area contributed by atoms with Crippen molar-refractivity contribution in [2.24, 2.45) is 0 Å². The lowest BCUT2D eigenvalue weighted by Crippen LogP contribution is -2.26. The van der Waals surface area contributed by atoms with Crippen molar-refractivity contribution < 1.29 is 41.3 Å². The third-order valence-electron chi connectivity index (χ3n) is 5.06. The van der Waals surface area contributed by atoms with Gasteiger partial charge in [-0.25, -0.2) is 17.6 Å². The van der Waals surface area contributed by atoms with Crippen molar-refractivity contribution in [2.45, 2.75) is 4.90 Å². The first-order valence-corrected chi connectivity index (χ1v) is 12.2. The van der Waals surface area contributed by atoms with Gasteiger partial charge in [0.25, 0.3) is 15.9 Å². The summed E-state index contributed by atoms with van der Waals surface area (Å²) in [5.41, 5.74) is 0.757. The number of amides is 1. The van der Waals surface area contributed by atoms with E-state index in [2.05, 4.69) is 5.32 Å². The van der Waals surface area contributed by atoms with E-state index in [1.54, 1.807) is 18.2 Å². The zero-order valence-electron chi connectivity index (χ0n) is 20.3. The molecule has 10 nitrogen and oxygen atoms in total. The van der Waals surface area contributed by atoms with Crippen LogP contribution in [0.2, 0.25) is 0 Å². The maximum absolute atomic E-state index is 13.1. The lowest BCUT2D eigenvalue weighted by Gasteiger charge is -2.19. The summed E-state index contributed by atoms with van der Waals surface area (Å²) in [5.74, 6) is -0.671. The van der Waals surface area contributed by atoms with Gasteiger partial charge in [0.15, 0.2) is 24.7 Å². The highest BCUT2D eigenvalue weighted by atomic mass is 32.2. The van der Waals surface area contributed by atoms with Crippen molar-refractivity contribution >= 4 is 33.3 Å². The number of anilines is 2. The third-order valence-corrected chi connectivity index (χ3v) is 6.86. The average molecular weight is 533 g/mol. The summed E-state index contributed by atoms with van der Waals surface area (Å²) in [7, 11) is 0.424. The van der Waals surface area contributed by atoms with E-state index in [1.807, 2.05) is 0 Å². The topological polar surface area (TPSA) is 120 Å². The van der Waals surface area contributed by atoms with Gasteiger partial charge >= 0.3 is 5.97 Å². The second-order valence-electron chi connectivity index (χ2n) is 7.49. The van der Waals surface area contributed by atoms with Gasteiger partial charge in [0.1, 0.15) is 11.6 Å². The third kappa shape index (κ3) is 7.10. The van der Waals surface area contributed by atoms with Crippen molar-refractivity contribution in [3.8, 4) is 17.2 Å².